The molecule has 2 saturated carbocycles. The number of phenols is 1. The zero-order valence-corrected chi connectivity index (χ0v) is 34.7. The van der Waals surface area contributed by atoms with E-state index in [0.717, 1.165) is 18.9 Å². The fourth-order valence-electron chi connectivity index (χ4n) is 10.0. The fourth-order valence-corrected chi connectivity index (χ4v) is 10.0. The Morgan fingerprint density at radius 1 is 1.07 bits per heavy atom. The molecule has 1 saturated heterocycles. The highest BCUT2D eigenvalue weighted by atomic mass is 19.1. The number of piperazine rings is 1. The van der Waals surface area contributed by atoms with Crippen LogP contribution in [0.1, 0.15) is 53.7 Å². The lowest BCUT2D eigenvalue weighted by Crippen LogP contribution is -2.66. The molecule has 5 atom stereocenters. The molecule has 0 radical (unpaired) electrons. The average Bonchev–Trinajstić information content (AvgIpc) is 4.04. The van der Waals surface area contributed by atoms with E-state index in [1.807, 2.05) is 11.8 Å². The number of carboxylic acid groups (broad SMARTS) is 1. The number of carboxylic acids is 1. The van der Waals surface area contributed by atoms with Gasteiger partial charge < -0.3 is 50.0 Å². The van der Waals surface area contributed by atoms with Crippen molar-refractivity contribution < 1.29 is 53.8 Å². The molecule has 1 unspecified atom stereocenters. The lowest BCUT2D eigenvalue weighted by molar-refractivity contribution is -0.153. The minimum absolute atomic E-state index is 0.0104. The summed E-state index contributed by atoms with van der Waals surface area (Å²) in [7, 11) is 8.09. The Balaban J connectivity index is 1.06. The number of ether oxygens (including phenoxy) is 1. The summed E-state index contributed by atoms with van der Waals surface area (Å²) in [6, 6.07) is 2.49. The standard InChI is InChI=1S/C43H49FN6O11/c1-19-16-48(34-26(44)15-23-32(38(34)61-6)50(21-7-8-21)17-24(35(23)52)42(58)59)11-12-49(19)18-45-41(57)31-37(54)33(47(4)5)25-14-20-13-22-27(46(2)3)9-10-28(51)30(22)36(53)29(20)39(55)43(25,60)40(31)56/h9-10,15,17,19-21,25,33,51,53,56,60H,7-8,11-14,16,18H2,1-6H3,(H,45,57)(H,58,59)/t19?,20-,25-,33-,43-/m0/s1. The Hall–Kier alpha value is -5.98. The number of aliphatic hydroxyl groups is 3. The summed E-state index contributed by atoms with van der Waals surface area (Å²) in [5.41, 5.74) is -3.32. The van der Waals surface area contributed by atoms with Crippen molar-refractivity contribution in [1.29, 1.82) is 0 Å². The van der Waals surface area contributed by atoms with Crippen LogP contribution in [0.15, 0.2) is 46.1 Å². The fraction of sp³-hybridized carbons (Fsp3) is 0.465. The molecule has 324 valence electrons. The first-order chi connectivity index (χ1) is 28.8. The number of hydrogen-bond acceptors (Lipinski definition) is 14. The Morgan fingerprint density at radius 2 is 1.77 bits per heavy atom. The van der Waals surface area contributed by atoms with E-state index in [9.17, 15) is 49.5 Å². The molecule has 6 N–H and O–H groups in total. The summed E-state index contributed by atoms with van der Waals surface area (Å²) >= 11 is 0. The predicted octanol–water partition coefficient (Wildman–Crippen LogP) is 2.32. The smallest absolute Gasteiger partial charge is 0.341 e. The molecule has 4 aliphatic carbocycles. The Bertz CT molecular complexity index is 2560. The first-order valence-corrected chi connectivity index (χ1v) is 20.2. The van der Waals surface area contributed by atoms with Crippen LogP contribution in [0.4, 0.5) is 15.8 Å². The quantitative estimate of drug-likeness (QED) is 0.170. The van der Waals surface area contributed by atoms with E-state index in [1.54, 1.807) is 48.6 Å². The highest BCUT2D eigenvalue weighted by Crippen LogP contribution is 2.54. The van der Waals surface area contributed by atoms with E-state index >= 15 is 4.39 Å². The molecular formula is C43H49FN6O11. The van der Waals surface area contributed by atoms with Gasteiger partial charge in [-0.25, -0.2) is 9.18 Å². The number of anilines is 2. The lowest BCUT2D eigenvalue weighted by Gasteiger charge is -2.50. The van der Waals surface area contributed by atoms with Crippen molar-refractivity contribution in [3.63, 3.8) is 0 Å². The van der Waals surface area contributed by atoms with E-state index < -0.39 is 80.8 Å². The maximum atomic E-state index is 16.1. The molecule has 3 aromatic rings. The molecule has 2 aromatic carbocycles. The third kappa shape index (κ3) is 6.33. The van der Waals surface area contributed by atoms with Gasteiger partial charge in [0.2, 0.25) is 11.2 Å². The molecule has 3 fully saturated rings. The molecule has 8 rings (SSSR count). The number of amides is 1. The summed E-state index contributed by atoms with van der Waals surface area (Å²) in [4.78, 5) is 74.6. The number of nitrogens with one attached hydrogen (secondary N) is 1. The summed E-state index contributed by atoms with van der Waals surface area (Å²) in [6.45, 7) is 2.39. The number of methoxy groups -OCH3 is 1. The van der Waals surface area contributed by atoms with E-state index in [-0.39, 0.29) is 84.9 Å². The molecule has 1 aliphatic heterocycles. The number of carbonyl (C=O) groups is 4. The van der Waals surface area contributed by atoms with Gasteiger partial charge in [-0.15, -0.1) is 0 Å². The molecule has 17 nitrogen and oxygen atoms in total. The van der Waals surface area contributed by atoms with Crippen LogP contribution >= 0.6 is 0 Å². The van der Waals surface area contributed by atoms with Gasteiger partial charge in [-0.3, -0.25) is 29.0 Å². The number of rotatable bonds is 9. The second-order valence-electron chi connectivity index (χ2n) is 17.2. The van der Waals surface area contributed by atoms with Crippen LogP contribution in [0.25, 0.3) is 16.7 Å². The van der Waals surface area contributed by atoms with Crippen molar-refractivity contribution in [2.75, 3.05) is 71.4 Å². The molecule has 5 aliphatic rings. The summed E-state index contributed by atoms with van der Waals surface area (Å²) in [5.74, 6) is -8.79. The Morgan fingerprint density at radius 3 is 2.38 bits per heavy atom. The van der Waals surface area contributed by atoms with Crippen LogP contribution in [-0.4, -0.2) is 143 Å². The first kappa shape index (κ1) is 41.7. The number of aliphatic hydroxyl groups excluding tert-OH is 2. The molecule has 2 heterocycles. The number of nitrogens with zero attached hydrogens (tertiary/aromatic N) is 5. The van der Waals surface area contributed by atoms with Crippen molar-refractivity contribution in [1.82, 2.24) is 19.7 Å². The van der Waals surface area contributed by atoms with Gasteiger partial charge in [-0.2, -0.15) is 0 Å². The number of fused-ring (bicyclic) bond motifs is 4. The summed E-state index contributed by atoms with van der Waals surface area (Å²) in [6.07, 6.45) is 2.97. The molecule has 0 spiro atoms. The summed E-state index contributed by atoms with van der Waals surface area (Å²) < 4.78 is 23.5. The van der Waals surface area contributed by atoms with Crippen molar-refractivity contribution in [2.24, 2.45) is 11.8 Å². The number of hydrogen-bond donors (Lipinski definition) is 6. The highest BCUT2D eigenvalue weighted by Gasteiger charge is 2.64. The van der Waals surface area contributed by atoms with Crippen molar-refractivity contribution in [3.8, 4) is 11.5 Å². The number of carbonyl (C=O) groups excluding carboxylic acids is 3. The molecule has 1 amide bonds. The van der Waals surface area contributed by atoms with E-state index in [2.05, 4.69) is 5.32 Å². The number of aromatic carboxylic acids is 1. The molecule has 61 heavy (non-hydrogen) atoms. The van der Waals surface area contributed by atoms with Crippen LogP contribution in [-0.2, 0) is 20.8 Å². The van der Waals surface area contributed by atoms with Gasteiger partial charge in [-0.1, -0.05) is 0 Å². The average molecular weight is 845 g/mol. The number of likely N-dealkylation sites (N-methyl/N-ethyl adjacent to an activating group) is 1. The van der Waals surface area contributed by atoms with Gasteiger partial charge >= 0.3 is 5.97 Å². The molecule has 1 aromatic heterocycles. The van der Waals surface area contributed by atoms with Crippen LogP contribution in [0, 0.1) is 17.7 Å². The maximum absolute atomic E-state index is 16.1. The van der Waals surface area contributed by atoms with Crippen LogP contribution < -0.4 is 25.3 Å². The number of Topliss-reactive ketones (excluding diaryl/α,β-unsaturated/α-hetero) is 2. The third-order valence-electron chi connectivity index (χ3n) is 13.1. The number of aromatic nitrogens is 1. The second kappa shape index (κ2) is 14.9. The van der Waals surface area contributed by atoms with Gasteiger partial charge in [0.15, 0.2) is 23.0 Å². The van der Waals surface area contributed by atoms with Gasteiger partial charge in [-0.05, 0) is 76.4 Å². The maximum Gasteiger partial charge on any atom is 0.341 e. The lowest BCUT2D eigenvalue weighted by atomic mass is 9.57. The van der Waals surface area contributed by atoms with E-state index in [1.165, 1.54) is 24.3 Å². The Kier molecular flexibility index (Phi) is 10.2. The molecule has 0 bridgehead atoms. The number of ketones is 2. The minimum atomic E-state index is -2.76. The number of benzene rings is 2. The highest BCUT2D eigenvalue weighted by molar-refractivity contribution is 6.25. The van der Waals surface area contributed by atoms with Crippen molar-refractivity contribution >= 4 is 51.5 Å². The predicted molar refractivity (Wildman–Crippen MR) is 221 cm³/mol. The van der Waals surface area contributed by atoms with E-state index in [4.69, 9.17) is 4.74 Å². The zero-order chi connectivity index (χ0) is 44.1. The Labute approximate surface area is 349 Å². The summed E-state index contributed by atoms with van der Waals surface area (Å²) in [5, 5.41) is 58.6. The van der Waals surface area contributed by atoms with Gasteiger partial charge in [0.1, 0.15) is 34.1 Å². The van der Waals surface area contributed by atoms with Crippen LogP contribution in [0.3, 0.4) is 0 Å². The van der Waals surface area contributed by atoms with E-state index in [0.29, 0.717) is 16.8 Å². The number of aromatic hydroxyl groups is 1. The minimum Gasteiger partial charge on any atom is -0.508 e. The monoisotopic (exact) mass is 844 g/mol. The third-order valence-corrected chi connectivity index (χ3v) is 13.1. The first-order valence-electron chi connectivity index (χ1n) is 20.2. The topological polar surface area (TPSA) is 226 Å². The van der Waals surface area contributed by atoms with Crippen LogP contribution in [0.2, 0.25) is 0 Å². The van der Waals surface area contributed by atoms with Gasteiger partial charge in [0, 0.05) is 69.2 Å². The zero-order valence-electron chi connectivity index (χ0n) is 34.7. The van der Waals surface area contributed by atoms with Crippen molar-refractivity contribution in [3.05, 3.63) is 74.0 Å². The van der Waals surface area contributed by atoms with Crippen molar-refractivity contribution in [2.45, 2.75) is 56.3 Å². The normalized spacial score (nSPS) is 25.4. The second-order valence-corrected chi connectivity index (χ2v) is 17.2. The molecule has 18 heteroatoms. The number of halogens is 1. The van der Waals surface area contributed by atoms with Gasteiger partial charge in [0.05, 0.1) is 36.3 Å². The number of pyridine rings is 1. The molecular weight excluding hydrogens is 796 g/mol. The number of phenolic OH excluding ortho intramolecular Hbond substituents is 1. The van der Waals surface area contributed by atoms with Gasteiger partial charge in [0.25, 0.3) is 5.91 Å². The van der Waals surface area contributed by atoms with Crippen LogP contribution in [0.5, 0.6) is 11.5 Å². The SMILES string of the molecule is COc1c(N2CCN(CNC(=O)C3=C(O)[C@@]4(O)C(=O)C5=C(O)c6c(O)ccc(N(C)C)c6C[C@H]5C[C@H]4[C@H](N(C)C)C3=O)C(C)C2)c(F)cc2c(=O)c(C(=O)O)cn(C3CC3)c12. The largest absolute Gasteiger partial charge is 0.508 e.